The van der Waals surface area contributed by atoms with Crippen LogP contribution in [0.1, 0.15) is 16.1 Å². The lowest BCUT2D eigenvalue weighted by atomic mass is 10.2. The van der Waals surface area contributed by atoms with Gasteiger partial charge in [0.15, 0.2) is 11.5 Å². The molecule has 0 aliphatic rings. The first-order chi connectivity index (χ1) is 14.1. The SMILES string of the molecule is COc1ccc(Nc2ccc(C(=O)N(C)CCc3ccncc3)nn2)c(OC)c1. The molecule has 1 N–H and O–H groups in total. The Balaban J connectivity index is 1.63. The van der Waals surface area contributed by atoms with Crippen LogP contribution in [0.2, 0.25) is 0 Å². The first-order valence-electron chi connectivity index (χ1n) is 9.08. The highest BCUT2D eigenvalue weighted by Gasteiger charge is 2.14. The molecule has 8 heteroatoms. The molecule has 0 unspecified atom stereocenters. The fourth-order valence-electron chi connectivity index (χ4n) is 2.70. The zero-order valence-corrected chi connectivity index (χ0v) is 16.6. The summed E-state index contributed by atoms with van der Waals surface area (Å²) >= 11 is 0. The van der Waals surface area contributed by atoms with Crippen LogP contribution in [0.15, 0.2) is 54.9 Å². The third kappa shape index (κ3) is 5.19. The van der Waals surface area contributed by atoms with E-state index < -0.39 is 0 Å². The van der Waals surface area contributed by atoms with Crippen molar-refractivity contribution in [2.75, 3.05) is 33.1 Å². The summed E-state index contributed by atoms with van der Waals surface area (Å²) < 4.78 is 10.6. The quantitative estimate of drug-likeness (QED) is 0.629. The van der Waals surface area contributed by atoms with Gasteiger partial charge in [-0.05, 0) is 48.4 Å². The van der Waals surface area contributed by atoms with Crippen molar-refractivity contribution in [1.82, 2.24) is 20.1 Å². The van der Waals surface area contributed by atoms with E-state index in [2.05, 4.69) is 20.5 Å². The molecular weight excluding hydrogens is 370 g/mol. The van der Waals surface area contributed by atoms with Crippen LogP contribution in [0.4, 0.5) is 11.5 Å². The number of nitrogens with zero attached hydrogens (tertiary/aromatic N) is 4. The average Bonchev–Trinajstić information content (AvgIpc) is 2.78. The summed E-state index contributed by atoms with van der Waals surface area (Å²) in [4.78, 5) is 18.2. The molecule has 3 rings (SSSR count). The summed E-state index contributed by atoms with van der Waals surface area (Å²) in [5.41, 5.74) is 2.13. The second-order valence-corrected chi connectivity index (χ2v) is 6.33. The van der Waals surface area contributed by atoms with Crippen molar-refractivity contribution >= 4 is 17.4 Å². The molecule has 0 atom stereocenters. The number of amides is 1. The van der Waals surface area contributed by atoms with Crippen molar-refractivity contribution in [3.8, 4) is 11.5 Å². The van der Waals surface area contributed by atoms with E-state index in [0.29, 0.717) is 23.9 Å². The molecule has 0 aliphatic carbocycles. The van der Waals surface area contributed by atoms with Crippen molar-refractivity contribution in [3.63, 3.8) is 0 Å². The number of hydrogen-bond donors (Lipinski definition) is 1. The number of carbonyl (C=O) groups is 1. The third-order valence-corrected chi connectivity index (χ3v) is 4.39. The molecule has 29 heavy (non-hydrogen) atoms. The maximum Gasteiger partial charge on any atom is 0.274 e. The van der Waals surface area contributed by atoms with E-state index in [1.807, 2.05) is 24.3 Å². The Morgan fingerprint density at radius 1 is 1.03 bits per heavy atom. The largest absolute Gasteiger partial charge is 0.497 e. The molecule has 3 aromatic rings. The molecule has 0 saturated heterocycles. The van der Waals surface area contributed by atoms with Crippen molar-refractivity contribution in [2.45, 2.75) is 6.42 Å². The monoisotopic (exact) mass is 393 g/mol. The van der Waals surface area contributed by atoms with E-state index in [1.165, 1.54) is 0 Å². The van der Waals surface area contributed by atoms with Crippen LogP contribution >= 0.6 is 0 Å². The van der Waals surface area contributed by atoms with Gasteiger partial charge < -0.3 is 19.7 Å². The van der Waals surface area contributed by atoms with Crippen LogP contribution in [0.25, 0.3) is 0 Å². The van der Waals surface area contributed by atoms with Crippen LogP contribution in [-0.4, -0.2) is 53.8 Å². The van der Waals surface area contributed by atoms with Gasteiger partial charge in [-0.1, -0.05) is 0 Å². The first-order valence-corrected chi connectivity index (χ1v) is 9.08. The molecule has 0 aliphatic heterocycles. The number of carbonyl (C=O) groups excluding carboxylic acids is 1. The minimum atomic E-state index is -0.180. The highest BCUT2D eigenvalue weighted by molar-refractivity contribution is 5.92. The number of aromatic nitrogens is 3. The number of nitrogens with one attached hydrogen (secondary N) is 1. The van der Waals surface area contributed by atoms with E-state index in [9.17, 15) is 4.79 Å². The van der Waals surface area contributed by atoms with Crippen LogP contribution in [-0.2, 0) is 6.42 Å². The van der Waals surface area contributed by atoms with Crippen molar-refractivity contribution in [2.24, 2.45) is 0 Å². The molecule has 2 heterocycles. The van der Waals surface area contributed by atoms with Crippen LogP contribution < -0.4 is 14.8 Å². The number of anilines is 2. The predicted molar refractivity (Wildman–Crippen MR) is 110 cm³/mol. The normalized spacial score (nSPS) is 10.3. The Labute approximate surface area is 169 Å². The number of rotatable bonds is 8. The van der Waals surface area contributed by atoms with E-state index >= 15 is 0 Å². The zero-order valence-electron chi connectivity index (χ0n) is 16.6. The molecule has 0 bridgehead atoms. The third-order valence-electron chi connectivity index (χ3n) is 4.39. The maximum atomic E-state index is 12.6. The number of methoxy groups -OCH3 is 2. The lowest BCUT2D eigenvalue weighted by Crippen LogP contribution is -2.29. The average molecular weight is 393 g/mol. The summed E-state index contributed by atoms with van der Waals surface area (Å²) in [7, 11) is 4.92. The molecule has 8 nitrogen and oxygen atoms in total. The zero-order chi connectivity index (χ0) is 20.6. The summed E-state index contributed by atoms with van der Waals surface area (Å²) in [5.74, 6) is 1.63. The Hall–Kier alpha value is -3.68. The number of benzene rings is 1. The topological polar surface area (TPSA) is 89.5 Å². The first kappa shape index (κ1) is 20.1. The van der Waals surface area contributed by atoms with Gasteiger partial charge in [0.2, 0.25) is 0 Å². The molecular formula is C21H23N5O3. The minimum Gasteiger partial charge on any atom is -0.497 e. The molecule has 0 spiro atoms. The van der Waals surface area contributed by atoms with Crippen LogP contribution in [0, 0.1) is 0 Å². The van der Waals surface area contributed by atoms with Gasteiger partial charge in [0.1, 0.15) is 11.5 Å². The predicted octanol–water partition coefficient (Wildman–Crippen LogP) is 2.95. The molecule has 0 fully saturated rings. The number of hydrogen-bond acceptors (Lipinski definition) is 7. The molecule has 1 amide bonds. The molecule has 150 valence electrons. The Morgan fingerprint density at radius 2 is 1.83 bits per heavy atom. The molecule has 1 aromatic carbocycles. The summed E-state index contributed by atoms with van der Waals surface area (Å²) in [6.07, 6.45) is 4.23. The smallest absolute Gasteiger partial charge is 0.274 e. The van der Waals surface area contributed by atoms with E-state index in [-0.39, 0.29) is 11.6 Å². The number of likely N-dealkylation sites (N-methyl/N-ethyl adjacent to an activating group) is 1. The Kier molecular flexibility index (Phi) is 6.57. The second kappa shape index (κ2) is 9.50. The van der Waals surface area contributed by atoms with Gasteiger partial charge >= 0.3 is 0 Å². The van der Waals surface area contributed by atoms with E-state index in [4.69, 9.17) is 9.47 Å². The summed E-state index contributed by atoms with van der Waals surface area (Å²) in [6.45, 7) is 0.577. The van der Waals surface area contributed by atoms with E-state index in [0.717, 1.165) is 17.7 Å². The van der Waals surface area contributed by atoms with Gasteiger partial charge in [0, 0.05) is 32.1 Å². The van der Waals surface area contributed by atoms with Crippen molar-refractivity contribution in [1.29, 1.82) is 0 Å². The van der Waals surface area contributed by atoms with Gasteiger partial charge in [0.05, 0.1) is 19.9 Å². The lowest BCUT2D eigenvalue weighted by molar-refractivity contribution is 0.0789. The van der Waals surface area contributed by atoms with Gasteiger partial charge in [0.25, 0.3) is 5.91 Å². The molecule has 0 radical (unpaired) electrons. The van der Waals surface area contributed by atoms with Crippen molar-refractivity contribution in [3.05, 3.63) is 66.1 Å². The second-order valence-electron chi connectivity index (χ2n) is 6.33. The van der Waals surface area contributed by atoms with Crippen LogP contribution in [0.5, 0.6) is 11.5 Å². The number of pyridine rings is 1. The highest BCUT2D eigenvalue weighted by Crippen LogP contribution is 2.30. The fraction of sp³-hybridized carbons (Fsp3) is 0.238. The molecule has 0 saturated carbocycles. The standard InChI is InChI=1S/C21H23N5O3/c1-26(13-10-15-8-11-22-12-9-15)21(27)18-6-7-20(25-24-18)23-17-5-4-16(28-2)14-19(17)29-3/h4-9,11-12,14H,10,13H2,1-3H3,(H,23,25). The Bertz CT molecular complexity index is 948. The Morgan fingerprint density at radius 3 is 2.48 bits per heavy atom. The van der Waals surface area contributed by atoms with E-state index in [1.54, 1.807) is 56.8 Å². The summed E-state index contributed by atoms with van der Waals surface area (Å²) in [5, 5.41) is 11.3. The van der Waals surface area contributed by atoms with Crippen LogP contribution in [0.3, 0.4) is 0 Å². The maximum absolute atomic E-state index is 12.6. The highest BCUT2D eigenvalue weighted by atomic mass is 16.5. The van der Waals surface area contributed by atoms with Gasteiger partial charge in [-0.2, -0.15) is 0 Å². The van der Waals surface area contributed by atoms with Gasteiger partial charge in [-0.25, -0.2) is 0 Å². The van der Waals surface area contributed by atoms with Gasteiger partial charge in [-0.15, -0.1) is 10.2 Å². The van der Waals surface area contributed by atoms with Crippen molar-refractivity contribution < 1.29 is 14.3 Å². The fourth-order valence-corrected chi connectivity index (χ4v) is 2.70. The molecule has 2 aromatic heterocycles. The number of ether oxygens (including phenoxy) is 2. The minimum absolute atomic E-state index is 0.180. The van der Waals surface area contributed by atoms with Gasteiger partial charge in [-0.3, -0.25) is 9.78 Å². The lowest BCUT2D eigenvalue weighted by Gasteiger charge is -2.16. The summed E-state index contributed by atoms with van der Waals surface area (Å²) in [6, 6.07) is 12.6.